The van der Waals surface area contributed by atoms with Gasteiger partial charge in [0, 0.05) is 35.4 Å². The molecule has 6 rings (SSSR count). The lowest BCUT2D eigenvalue weighted by molar-refractivity contribution is 0.362. The second-order valence-corrected chi connectivity index (χ2v) is 8.07. The Labute approximate surface area is 175 Å². The van der Waals surface area contributed by atoms with Crippen LogP contribution in [0.15, 0.2) is 73.2 Å². The average Bonchev–Trinajstić information content (AvgIpc) is 3.48. The molecule has 1 aliphatic rings. The minimum absolute atomic E-state index is 0.451. The largest absolute Gasteiger partial charge is 0.319 e. The smallest absolute Gasteiger partial charge is 0.160 e. The molecular formula is C25H23N5. The maximum atomic E-state index is 5.18. The number of pyridine rings is 1. The molecule has 5 heteroatoms. The van der Waals surface area contributed by atoms with Crippen LogP contribution in [-0.4, -0.2) is 24.3 Å². The summed E-state index contributed by atoms with van der Waals surface area (Å²) >= 11 is 0. The van der Waals surface area contributed by atoms with Crippen molar-refractivity contribution in [3.63, 3.8) is 0 Å². The summed E-state index contributed by atoms with van der Waals surface area (Å²) in [4.78, 5) is 9.83. The highest BCUT2D eigenvalue weighted by Gasteiger charge is 2.24. The van der Waals surface area contributed by atoms with Crippen LogP contribution in [-0.2, 0) is 0 Å². The van der Waals surface area contributed by atoms with E-state index in [9.17, 15) is 0 Å². The van der Waals surface area contributed by atoms with E-state index in [0.717, 1.165) is 33.5 Å². The highest BCUT2D eigenvalue weighted by molar-refractivity contribution is 6.09. The summed E-state index contributed by atoms with van der Waals surface area (Å²) in [6, 6.07) is 19.3. The molecule has 0 N–H and O–H groups in total. The summed E-state index contributed by atoms with van der Waals surface area (Å²) in [5, 5.41) is 6.85. The first-order valence-corrected chi connectivity index (χ1v) is 10.8. The summed E-state index contributed by atoms with van der Waals surface area (Å²) < 4.78 is 4.41. The van der Waals surface area contributed by atoms with Gasteiger partial charge in [-0.05, 0) is 37.1 Å². The van der Waals surface area contributed by atoms with Crippen molar-refractivity contribution in [1.82, 2.24) is 24.3 Å². The molecule has 3 heterocycles. The maximum absolute atomic E-state index is 5.18. The van der Waals surface area contributed by atoms with Crippen LogP contribution in [0, 0.1) is 0 Å². The van der Waals surface area contributed by atoms with Crippen molar-refractivity contribution in [1.29, 1.82) is 0 Å². The van der Waals surface area contributed by atoms with Gasteiger partial charge in [-0.2, -0.15) is 5.10 Å². The van der Waals surface area contributed by atoms with Crippen molar-refractivity contribution in [2.45, 2.75) is 38.1 Å². The van der Waals surface area contributed by atoms with E-state index in [-0.39, 0.29) is 0 Å². The Morgan fingerprint density at radius 2 is 1.67 bits per heavy atom. The van der Waals surface area contributed by atoms with Gasteiger partial charge < -0.3 is 4.57 Å². The SMILES string of the molecule is c1ccc(-c2nc3c4ccccc4c(-n4cccn4)cc3n2C2CCCCC2)nc1. The summed E-state index contributed by atoms with van der Waals surface area (Å²) in [7, 11) is 0. The lowest BCUT2D eigenvalue weighted by Crippen LogP contribution is -2.14. The molecule has 0 atom stereocenters. The van der Waals surface area contributed by atoms with Gasteiger partial charge in [0.05, 0.1) is 16.7 Å². The average molecular weight is 393 g/mol. The van der Waals surface area contributed by atoms with E-state index in [1.165, 1.54) is 37.6 Å². The van der Waals surface area contributed by atoms with Crippen LogP contribution in [0.2, 0.25) is 0 Å². The Kier molecular flexibility index (Phi) is 4.11. The molecule has 0 bridgehead atoms. The molecule has 1 aliphatic carbocycles. The summed E-state index contributed by atoms with van der Waals surface area (Å²) in [6.07, 6.45) is 11.9. The van der Waals surface area contributed by atoms with Gasteiger partial charge in [0.1, 0.15) is 5.69 Å². The molecule has 3 aromatic heterocycles. The third-order valence-electron chi connectivity index (χ3n) is 6.26. The molecule has 0 spiro atoms. The van der Waals surface area contributed by atoms with Gasteiger partial charge in [0.15, 0.2) is 5.82 Å². The summed E-state index contributed by atoms with van der Waals surface area (Å²) in [5.74, 6) is 0.972. The zero-order valence-corrected chi connectivity index (χ0v) is 16.8. The van der Waals surface area contributed by atoms with Crippen LogP contribution >= 0.6 is 0 Å². The second-order valence-electron chi connectivity index (χ2n) is 8.07. The number of hydrogen-bond donors (Lipinski definition) is 0. The topological polar surface area (TPSA) is 48.5 Å². The lowest BCUT2D eigenvalue weighted by atomic mass is 9.95. The Morgan fingerprint density at radius 3 is 2.43 bits per heavy atom. The van der Waals surface area contributed by atoms with Crippen molar-refractivity contribution in [3.05, 3.63) is 73.2 Å². The van der Waals surface area contributed by atoms with Gasteiger partial charge in [-0.3, -0.25) is 4.98 Å². The minimum Gasteiger partial charge on any atom is -0.319 e. The molecule has 1 saturated carbocycles. The molecule has 2 aromatic carbocycles. The molecule has 0 saturated heterocycles. The highest BCUT2D eigenvalue weighted by Crippen LogP contribution is 2.39. The summed E-state index contributed by atoms with van der Waals surface area (Å²) in [6.45, 7) is 0. The Morgan fingerprint density at radius 1 is 0.833 bits per heavy atom. The first-order chi connectivity index (χ1) is 14.9. The zero-order valence-electron chi connectivity index (χ0n) is 16.8. The molecule has 0 aliphatic heterocycles. The van der Waals surface area contributed by atoms with Crippen LogP contribution in [0.3, 0.4) is 0 Å². The standard InChI is InChI=1S/C25H23N5/c1-2-9-18(10-3-1)30-23-17-22(29-16-8-15-27-29)19-11-4-5-12-20(19)24(23)28-25(30)21-13-6-7-14-26-21/h4-8,11-18H,1-3,9-10H2. The van der Waals surface area contributed by atoms with Crippen LogP contribution in [0.4, 0.5) is 0 Å². The van der Waals surface area contributed by atoms with Crippen molar-refractivity contribution >= 4 is 21.8 Å². The quantitative estimate of drug-likeness (QED) is 0.381. The van der Waals surface area contributed by atoms with Crippen LogP contribution in [0.1, 0.15) is 38.1 Å². The Bertz CT molecular complexity index is 1310. The number of rotatable bonds is 3. The van der Waals surface area contributed by atoms with E-state index in [0.29, 0.717) is 6.04 Å². The van der Waals surface area contributed by atoms with Gasteiger partial charge in [-0.15, -0.1) is 0 Å². The van der Waals surface area contributed by atoms with E-state index >= 15 is 0 Å². The molecule has 0 amide bonds. The molecule has 0 radical (unpaired) electrons. The molecule has 1 fully saturated rings. The fraction of sp³-hybridized carbons (Fsp3) is 0.240. The predicted molar refractivity (Wildman–Crippen MR) is 120 cm³/mol. The minimum atomic E-state index is 0.451. The first-order valence-electron chi connectivity index (χ1n) is 10.8. The third kappa shape index (κ3) is 2.73. The van der Waals surface area contributed by atoms with E-state index in [1.54, 1.807) is 0 Å². The predicted octanol–water partition coefficient (Wildman–Crippen LogP) is 5.94. The van der Waals surface area contributed by atoms with Crippen LogP contribution in [0.5, 0.6) is 0 Å². The van der Waals surface area contributed by atoms with Gasteiger partial charge in [-0.1, -0.05) is 49.6 Å². The van der Waals surface area contributed by atoms with Crippen molar-refractivity contribution in [2.24, 2.45) is 0 Å². The molecular weight excluding hydrogens is 370 g/mol. The lowest BCUT2D eigenvalue weighted by Gasteiger charge is -2.25. The monoisotopic (exact) mass is 393 g/mol. The normalized spacial score (nSPS) is 15.2. The van der Waals surface area contributed by atoms with E-state index in [4.69, 9.17) is 4.98 Å². The van der Waals surface area contributed by atoms with Crippen LogP contribution < -0.4 is 0 Å². The fourth-order valence-electron chi connectivity index (χ4n) is 4.89. The molecule has 5 nitrogen and oxygen atoms in total. The second kappa shape index (κ2) is 7.10. The van der Waals surface area contributed by atoms with Crippen LogP contribution in [0.25, 0.3) is 39.0 Å². The summed E-state index contributed by atoms with van der Waals surface area (Å²) in [5.41, 5.74) is 4.25. The van der Waals surface area contributed by atoms with E-state index in [2.05, 4.69) is 51.0 Å². The number of benzene rings is 2. The Balaban J connectivity index is 1.72. The van der Waals surface area contributed by atoms with Crippen molar-refractivity contribution < 1.29 is 0 Å². The van der Waals surface area contributed by atoms with Gasteiger partial charge in [0.2, 0.25) is 0 Å². The third-order valence-corrected chi connectivity index (χ3v) is 6.26. The zero-order chi connectivity index (χ0) is 19.9. The molecule has 0 unspecified atom stereocenters. The number of hydrogen-bond acceptors (Lipinski definition) is 3. The van der Waals surface area contributed by atoms with E-state index < -0.39 is 0 Å². The van der Waals surface area contributed by atoms with Gasteiger partial charge in [-0.25, -0.2) is 9.67 Å². The Hall–Kier alpha value is -3.47. The van der Waals surface area contributed by atoms with Gasteiger partial charge >= 0.3 is 0 Å². The van der Waals surface area contributed by atoms with E-state index in [1.807, 2.05) is 41.5 Å². The van der Waals surface area contributed by atoms with Gasteiger partial charge in [0.25, 0.3) is 0 Å². The number of fused-ring (bicyclic) bond motifs is 3. The number of imidazole rings is 1. The highest BCUT2D eigenvalue weighted by atomic mass is 15.3. The fourth-order valence-corrected chi connectivity index (χ4v) is 4.89. The number of nitrogens with zero attached hydrogens (tertiary/aromatic N) is 5. The first kappa shape index (κ1) is 17.4. The maximum Gasteiger partial charge on any atom is 0.160 e. The number of aromatic nitrogens is 5. The molecule has 5 aromatic rings. The molecule has 148 valence electrons. The molecule has 30 heavy (non-hydrogen) atoms. The van der Waals surface area contributed by atoms with Crippen molar-refractivity contribution in [2.75, 3.05) is 0 Å². The van der Waals surface area contributed by atoms with Crippen molar-refractivity contribution in [3.8, 4) is 17.2 Å².